The van der Waals surface area contributed by atoms with Gasteiger partial charge in [-0.3, -0.25) is 10.2 Å². The molecule has 5 N–H and O–H groups in total. The lowest BCUT2D eigenvalue weighted by Gasteiger charge is -2.10. The SMILES string of the molecule is C[C@H](COc1ccc(C(=N)N)c(O)c1)C(=O)O. The molecule has 6 heteroatoms. The summed E-state index contributed by atoms with van der Waals surface area (Å²) in [5, 5.41) is 25.3. The van der Waals surface area contributed by atoms with E-state index in [1.54, 1.807) is 0 Å². The van der Waals surface area contributed by atoms with Crippen molar-refractivity contribution < 1.29 is 19.7 Å². The van der Waals surface area contributed by atoms with Crippen molar-refractivity contribution in [1.29, 1.82) is 5.41 Å². The Morgan fingerprint density at radius 2 is 2.24 bits per heavy atom. The Hall–Kier alpha value is -2.24. The topological polar surface area (TPSA) is 117 Å². The zero-order valence-electron chi connectivity index (χ0n) is 9.30. The van der Waals surface area contributed by atoms with Gasteiger partial charge in [0, 0.05) is 6.07 Å². The molecule has 0 aliphatic carbocycles. The van der Waals surface area contributed by atoms with E-state index in [0.29, 0.717) is 5.75 Å². The number of nitrogen functional groups attached to an aromatic ring is 1. The minimum absolute atomic E-state index is 0.00813. The van der Waals surface area contributed by atoms with Gasteiger partial charge in [0.25, 0.3) is 0 Å². The molecule has 0 unspecified atom stereocenters. The quantitative estimate of drug-likeness (QED) is 0.446. The second kappa shape index (κ2) is 5.20. The van der Waals surface area contributed by atoms with Crippen LogP contribution in [0.4, 0.5) is 0 Å². The van der Waals surface area contributed by atoms with Gasteiger partial charge in [-0.05, 0) is 19.1 Å². The molecule has 0 bridgehead atoms. The average molecular weight is 238 g/mol. The molecule has 0 fully saturated rings. The van der Waals surface area contributed by atoms with Crippen LogP contribution < -0.4 is 10.5 Å². The average Bonchev–Trinajstić information content (AvgIpc) is 2.25. The van der Waals surface area contributed by atoms with Crippen LogP contribution in [0.5, 0.6) is 11.5 Å². The van der Waals surface area contributed by atoms with Gasteiger partial charge in [0.1, 0.15) is 23.9 Å². The monoisotopic (exact) mass is 238 g/mol. The number of carboxylic acids is 1. The van der Waals surface area contributed by atoms with Gasteiger partial charge in [-0.1, -0.05) is 0 Å². The van der Waals surface area contributed by atoms with Crippen LogP contribution in [0.3, 0.4) is 0 Å². The van der Waals surface area contributed by atoms with Crippen LogP contribution in [0.1, 0.15) is 12.5 Å². The molecule has 92 valence electrons. The third-order valence-electron chi connectivity index (χ3n) is 2.18. The van der Waals surface area contributed by atoms with Gasteiger partial charge in [-0.15, -0.1) is 0 Å². The first-order valence-electron chi connectivity index (χ1n) is 4.95. The summed E-state index contributed by atoms with van der Waals surface area (Å²) < 4.78 is 5.19. The first kappa shape index (κ1) is 12.8. The summed E-state index contributed by atoms with van der Waals surface area (Å²) >= 11 is 0. The Kier molecular flexibility index (Phi) is 3.92. The second-order valence-electron chi connectivity index (χ2n) is 3.64. The number of benzene rings is 1. The van der Waals surface area contributed by atoms with Crippen molar-refractivity contribution >= 4 is 11.8 Å². The lowest BCUT2D eigenvalue weighted by molar-refractivity contribution is -0.142. The van der Waals surface area contributed by atoms with Crippen LogP contribution in [-0.4, -0.2) is 28.6 Å². The Bertz CT molecular complexity index is 445. The molecule has 1 atom stereocenters. The third-order valence-corrected chi connectivity index (χ3v) is 2.18. The van der Waals surface area contributed by atoms with E-state index >= 15 is 0 Å². The standard InChI is InChI=1S/C11H14N2O4/c1-6(11(15)16)5-17-7-2-3-8(10(12)13)9(14)4-7/h2-4,6,14H,5H2,1H3,(H3,12,13)(H,15,16)/t6-/m1/s1. The van der Waals surface area contributed by atoms with Crippen molar-refractivity contribution in [2.45, 2.75) is 6.92 Å². The predicted octanol–water partition coefficient (Wildman–Crippen LogP) is 0.776. The maximum absolute atomic E-state index is 10.6. The first-order chi connectivity index (χ1) is 7.91. The summed E-state index contributed by atoms with van der Waals surface area (Å²) in [5.74, 6) is -1.66. The molecule has 1 aromatic rings. The molecule has 0 spiro atoms. The molecule has 0 saturated carbocycles. The number of hydrogen-bond donors (Lipinski definition) is 4. The largest absolute Gasteiger partial charge is 0.507 e. The van der Waals surface area contributed by atoms with Crippen LogP contribution in [0.2, 0.25) is 0 Å². The number of ether oxygens (including phenoxy) is 1. The Morgan fingerprint density at radius 1 is 1.59 bits per heavy atom. The lowest BCUT2D eigenvalue weighted by atomic mass is 10.1. The van der Waals surface area contributed by atoms with E-state index in [1.807, 2.05) is 0 Å². The molecule has 0 aliphatic heterocycles. The smallest absolute Gasteiger partial charge is 0.309 e. The normalized spacial score (nSPS) is 11.8. The zero-order valence-corrected chi connectivity index (χ0v) is 9.30. The van der Waals surface area contributed by atoms with Gasteiger partial charge in [0.05, 0.1) is 11.5 Å². The number of amidine groups is 1. The van der Waals surface area contributed by atoms with Crippen LogP contribution in [-0.2, 0) is 4.79 Å². The number of carbonyl (C=O) groups is 1. The highest BCUT2D eigenvalue weighted by Crippen LogP contribution is 2.23. The maximum Gasteiger partial charge on any atom is 0.309 e. The highest BCUT2D eigenvalue weighted by atomic mass is 16.5. The molecule has 0 heterocycles. The minimum Gasteiger partial charge on any atom is -0.507 e. The van der Waals surface area contributed by atoms with Crippen molar-refractivity contribution in [1.82, 2.24) is 0 Å². The molecule has 1 rings (SSSR count). The predicted molar refractivity (Wildman–Crippen MR) is 61.4 cm³/mol. The number of carboxylic acid groups (broad SMARTS) is 1. The highest BCUT2D eigenvalue weighted by molar-refractivity contribution is 5.97. The third kappa shape index (κ3) is 3.37. The van der Waals surface area contributed by atoms with Crippen molar-refractivity contribution in [3.8, 4) is 11.5 Å². The molecule has 0 aliphatic rings. The summed E-state index contributed by atoms with van der Waals surface area (Å²) in [4.78, 5) is 10.6. The molecule has 6 nitrogen and oxygen atoms in total. The van der Waals surface area contributed by atoms with E-state index in [4.69, 9.17) is 21.0 Å². The molecule has 1 aromatic carbocycles. The van der Waals surface area contributed by atoms with Gasteiger partial charge < -0.3 is 20.7 Å². The van der Waals surface area contributed by atoms with E-state index < -0.39 is 11.9 Å². The molecular weight excluding hydrogens is 224 g/mol. The molecule has 0 aromatic heterocycles. The fourth-order valence-corrected chi connectivity index (χ4v) is 1.12. The van der Waals surface area contributed by atoms with Gasteiger partial charge in [0.15, 0.2) is 0 Å². The fraction of sp³-hybridized carbons (Fsp3) is 0.273. The van der Waals surface area contributed by atoms with Gasteiger partial charge in [0.2, 0.25) is 0 Å². The van der Waals surface area contributed by atoms with E-state index in [-0.39, 0.29) is 23.8 Å². The van der Waals surface area contributed by atoms with Crippen molar-refractivity contribution in [3.63, 3.8) is 0 Å². The zero-order chi connectivity index (χ0) is 13.0. The summed E-state index contributed by atoms with van der Waals surface area (Å²) in [7, 11) is 0. The molecule has 0 radical (unpaired) electrons. The Labute approximate surface area is 98.1 Å². The molecular formula is C11H14N2O4. The number of phenols is 1. The summed E-state index contributed by atoms with van der Waals surface area (Å²) in [6.07, 6.45) is 0. The molecule has 17 heavy (non-hydrogen) atoms. The van der Waals surface area contributed by atoms with E-state index in [1.165, 1.54) is 25.1 Å². The summed E-state index contributed by atoms with van der Waals surface area (Å²) in [6, 6.07) is 4.26. The number of aromatic hydroxyl groups is 1. The molecule has 0 saturated heterocycles. The summed E-state index contributed by atoms with van der Waals surface area (Å²) in [5.41, 5.74) is 5.44. The van der Waals surface area contributed by atoms with Crippen LogP contribution in [0.15, 0.2) is 18.2 Å². The van der Waals surface area contributed by atoms with E-state index in [2.05, 4.69) is 0 Å². The van der Waals surface area contributed by atoms with E-state index in [9.17, 15) is 9.90 Å². The van der Waals surface area contributed by atoms with Gasteiger partial charge in [-0.2, -0.15) is 0 Å². The number of phenolic OH excluding ortho intramolecular Hbond substituents is 1. The second-order valence-corrected chi connectivity index (χ2v) is 3.64. The number of nitrogens with two attached hydrogens (primary N) is 1. The first-order valence-corrected chi connectivity index (χ1v) is 4.95. The number of aliphatic carboxylic acids is 1. The van der Waals surface area contributed by atoms with Crippen molar-refractivity contribution in [2.24, 2.45) is 11.7 Å². The maximum atomic E-state index is 10.6. The van der Waals surface area contributed by atoms with Gasteiger partial charge in [-0.25, -0.2) is 0 Å². The minimum atomic E-state index is -0.949. The fourth-order valence-electron chi connectivity index (χ4n) is 1.12. The van der Waals surface area contributed by atoms with Crippen molar-refractivity contribution in [3.05, 3.63) is 23.8 Å². The van der Waals surface area contributed by atoms with Crippen LogP contribution >= 0.6 is 0 Å². The molecule has 0 amide bonds. The van der Waals surface area contributed by atoms with Crippen LogP contribution in [0.25, 0.3) is 0 Å². The Balaban J connectivity index is 2.71. The van der Waals surface area contributed by atoms with Gasteiger partial charge >= 0.3 is 5.97 Å². The number of hydrogen-bond acceptors (Lipinski definition) is 4. The number of rotatable bonds is 5. The van der Waals surface area contributed by atoms with Crippen molar-refractivity contribution in [2.75, 3.05) is 6.61 Å². The van der Waals surface area contributed by atoms with Crippen LogP contribution in [0, 0.1) is 11.3 Å². The summed E-state index contributed by atoms with van der Waals surface area (Å²) in [6.45, 7) is 1.53. The number of nitrogens with one attached hydrogen (secondary N) is 1. The van der Waals surface area contributed by atoms with E-state index in [0.717, 1.165) is 0 Å². The highest BCUT2D eigenvalue weighted by Gasteiger charge is 2.12. The Morgan fingerprint density at radius 3 is 2.71 bits per heavy atom. The lowest BCUT2D eigenvalue weighted by Crippen LogP contribution is -2.18.